The van der Waals surface area contributed by atoms with Gasteiger partial charge in [-0.05, 0) is 85.6 Å². The normalized spacial score (nSPS) is 10.2. The first-order valence-electron chi connectivity index (χ1n) is 8.71. The molecule has 0 aliphatic carbocycles. The molecular weight excluding hydrogens is 356 g/mol. The minimum absolute atomic E-state index is 0.337. The molecule has 0 unspecified atom stereocenters. The van der Waals surface area contributed by atoms with Gasteiger partial charge < -0.3 is 14.2 Å². The maximum absolute atomic E-state index is 12.3. The van der Waals surface area contributed by atoms with Gasteiger partial charge in [0.15, 0.2) is 0 Å². The molecule has 5 heteroatoms. The van der Waals surface area contributed by atoms with Crippen molar-refractivity contribution in [3.05, 3.63) is 89.0 Å². The predicted octanol–water partition coefficient (Wildman–Crippen LogP) is 4.75. The van der Waals surface area contributed by atoms with Gasteiger partial charge in [-0.3, -0.25) is 0 Å². The Morgan fingerprint density at radius 3 is 1.50 bits per heavy atom. The van der Waals surface area contributed by atoms with Crippen molar-refractivity contribution in [3.63, 3.8) is 0 Å². The highest BCUT2D eigenvalue weighted by molar-refractivity contribution is 5.92. The van der Waals surface area contributed by atoms with E-state index in [2.05, 4.69) is 0 Å². The van der Waals surface area contributed by atoms with E-state index in [1.54, 1.807) is 67.8 Å². The number of hydrogen-bond donors (Lipinski definition) is 0. The van der Waals surface area contributed by atoms with E-state index in [-0.39, 0.29) is 0 Å². The Morgan fingerprint density at radius 1 is 0.607 bits per heavy atom. The maximum atomic E-state index is 12.3. The number of hydrogen-bond acceptors (Lipinski definition) is 5. The van der Waals surface area contributed by atoms with Gasteiger partial charge in [0.05, 0.1) is 18.2 Å². The summed E-state index contributed by atoms with van der Waals surface area (Å²) in [7, 11) is 1.56. The van der Waals surface area contributed by atoms with Crippen molar-refractivity contribution in [1.82, 2.24) is 0 Å². The van der Waals surface area contributed by atoms with Gasteiger partial charge in [-0.15, -0.1) is 0 Å². The summed E-state index contributed by atoms with van der Waals surface area (Å²) in [5.74, 6) is 0.524. The fraction of sp³-hybridized carbons (Fsp3) is 0.130. The molecule has 0 N–H and O–H groups in total. The van der Waals surface area contributed by atoms with Crippen molar-refractivity contribution in [1.29, 1.82) is 0 Å². The minimum Gasteiger partial charge on any atom is -0.497 e. The average Bonchev–Trinajstić information content (AvgIpc) is 2.67. The Balaban J connectivity index is 1.65. The van der Waals surface area contributed by atoms with Crippen LogP contribution in [0.5, 0.6) is 17.2 Å². The highest BCUT2D eigenvalue weighted by atomic mass is 16.5. The standard InChI is InChI=1S/C23H20O5/c1-15-12-16(2)14-21(13-15)28-23(25)18-6-10-20(11-7-18)27-22(24)17-4-8-19(26-3)9-5-17/h4-14H,1-3H3. The molecule has 0 amide bonds. The fourth-order valence-corrected chi connectivity index (χ4v) is 2.71. The summed E-state index contributed by atoms with van der Waals surface area (Å²) in [6.07, 6.45) is 0. The molecule has 0 saturated carbocycles. The Hall–Kier alpha value is -3.60. The quantitative estimate of drug-likeness (QED) is 0.475. The molecule has 0 bridgehead atoms. The summed E-state index contributed by atoms with van der Waals surface area (Å²) < 4.78 is 15.8. The molecule has 0 fully saturated rings. The van der Waals surface area contributed by atoms with Crippen molar-refractivity contribution in [2.45, 2.75) is 13.8 Å². The third-order valence-electron chi connectivity index (χ3n) is 4.03. The van der Waals surface area contributed by atoms with E-state index in [1.165, 1.54) is 0 Å². The number of ether oxygens (including phenoxy) is 3. The molecular formula is C23H20O5. The molecule has 0 radical (unpaired) electrons. The van der Waals surface area contributed by atoms with Crippen LogP contribution >= 0.6 is 0 Å². The lowest BCUT2D eigenvalue weighted by Crippen LogP contribution is -2.10. The minimum atomic E-state index is -0.492. The van der Waals surface area contributed by atoms with Crippen LogP contribution in [0, 0.1) is 13.8 Å². The molecule has 28 heavy (non-hydrogen) atoms. The van der Waals surface area contributed by atoms with Crippen molar-refractivity contribution in [2.75, 3.05) is 7.11 Å². The second-order valence-corrected chi connectivity index (χ2v) is 6.36. The van der Waals surface area contributed by atoms with Crippen molar-refractivity contribution < 1.29 is 23.8 Å². The van der Waals surface area contributed by atoms with E-state index in [0.29, 0.717) is 28.4 Å². The highest BCUT2D eigenvalue weighted by Gasteiger charge is 2.12. The zero-order chi connectivity index (χ0) is 20.1. The van der Waals surface area contributed by atoms with E-state index >= 15 is 0 Å². The van der Waals surface area contributed by atoms with Crippen LogP contribution in [-0.2, 0) is 0 Å². The third-order valence-corrected chi connectivity index (χ3v) is 4.03. The second-order valence-electron chi connectivity index (χ2n) is 6.36. The van der Waals surface area contributed by atoms with Gasteiger partial charge in [-0.2, -0.15) is 0 Å². The first-order chi connectivity index (χ1) is 13.4. The van der Waals surface area contributed by atoms with Crippen LogP contribution in [0.25, 0.3) is 0 Å². The predicted molar refractivity (Wildman–Crippen MR) is 105 cm³/mol. The lowest BCUT2D eigenvalue weighted by atomic mass is 10.1. The summed E-state index contributed by atoms with van der Waals surface area (Å²) in [6, 6.07) is 18.4. The molecule has 5 nitrogen and oxygen atoms in total. The Labute approximate surface area is 163 Å². The second kappa shape index (κ2) is 8.39. The number of benzene rings is 3. The molecule has 0 aliphatic rings. The monoisotopic (exact) mass is 376 g/mol. The summed E-state index contributed by atoms with van der Waals surface area (Å²) >= 11 is 0. The molecule has 3 rings (SSSR count). The van der Waals surface area contributed by atoms with Crippen LogP contribution in [-0.4, -0.2) is 19.0 Å². The van der Waals surface area contributed by atoms with Gasteiger partial charge >= 0.3 is 11.9 Å². The van der Waals surface area contributed by atoms with Gasteiger partial charge in [0.2, 0.25) is 0 Å². The topological polar surface area (TPSA) is 61.8 Å². The Kier molecular flexibility index (Phi) is 5.75. The number of esters is 2. The van der Waals surface area contributed by atoms with Crippen LogP contribution in [0.4, 0.5) is 0 Å². The van der Waals surface area contributed by atoms with Crippen LogP contribution in [0.15, 0.2) is 66.7 Å². The summed E-state index contributed by atoms with van der Waals surface area (Å²) in [5.41, 5.74) is 2.80. The van der Waals surface area contributed by atoms with Gasteiger partial charge in [0.25, 0.3) is 0 Å². The van der Waals surface area contributed by atoms with E-state index in [0.717, 1.165) is 11.1 Å². The summed E-state index contributed by atoms with van der Waals surface area (Å²) in [5, 5.41) is 0. The molecule has 0 aromatic heterocycles. The maximum Gasteiger partial charge on any atom is 0.343 e. The molecule has 0 atom stereocenters. The van der Waals surface area contributed by atoms with Crippen molar-refractivity contribution in [2.24, 2.45) is 0 Å². The van der Waals surface area contributed by atoms with Crippen molar-refractivity contribution in [3.8, 4) is 17.2 Å². The third kappa shape index (κ3) is 4.76. The van der Waals surface area contributed by atoms with Crippen LogP contribution in [0.1, 0.15) is 31.8 Å². The zero-order valence-corrected chi connectivity index (χ0v) is 15.9. The molecule has 3 aromatic rings. The fourth-order valence-electron chi connectivity index (χ4n) is 2.71. The average molecular weight is 376 g/mol. The van der Waals surface area contributed by atoms with Gasteiger partial charge in [-0.1, -0.05) is 6.07 Å². The lowest BCUT2D eigenvalue weighted by Gasteiger charge is -2.08. The first-order valence-corrected chi connectivity index (χ1v) is 8.71. The van der Waals surface area contributed by atoms with E-state index in [1.807, 2.05) is 19.9 Å². The smallest absolute Gasteiger partial charge is 0.343 e. The molecule has 0 aliphatic heterocycles. The van der Waals surface area contributed by atoms with Crippen molar-refractivity contribution >= 4 is 11.9 Å². The van der Waals surface area contributed by atoms with Gasteiger partial charge in [0, 0.05) is 0 Å². The number of aryl methyl sites for hydroxylation is 2. The van der Waals surface area contributed by atoms with Gasteiger partial charge in [-0.25, -0.2) is 9.59 Å². The van der Waals surface area contributed by atoms with E-state index < -0.39 is 11.9 Å². The summed E-state index contributed by atoms with van der Waals surface area (Å²) in [6.45, 7) is 3.88. The Morgan fingerprint density at radius 2 is 1.04 bits per heavy atom. The SMILES string of the molecule is COc1ccc(C(=O)Oc2ccc(C(=O)Oc3cc(C)cc(C)c3)cc2)cc1. The van der Waals surface area contributed by atoms with Gasteiger partial charge in [0.1, 0.15) is 17.2 Å². The largest absolute Gasteiger partial charge is 0.497 e. The van der Waals surface area contributed by atoms with Crippen LogP contribution in [0.2, 0.25) is 0 Å². The highest BCUT2D eigenvalue weighted by Crippen LogP contribution is 2.20. The molecule has 0 saturated heterocycles. The van der Waals surface area contributed by atoms with Crippen LogP contribution < -0.4 is 14.2 Å². The lowest BCUT2D eigenvalue weighted by molar-refractivity contribution is 0.0730. The summed E-state index contributed by atoms with van der Waals surface area (Å²) in [4.78, 5) is 24.5. The van der Waals surface area contributed by atoms with E-state index in [4.69, 9.17) is 14.2 Å². The molecule has 0 spiro atoms. The molecule has 142 valence electrons. The number of methoxy groups -OCH3 is 1. The molecule has 0 heterocycles. The number of carbonyl (C=O) groups is 2. The number of rotatable bonds is 5. The zero-order valence-electron chi connectivity index (χ0n) is 15.9. The Bertz CT molecular complexity index is 968. The van der Waals surface area contributed by atoms with E-state index in [9.17, 15) is 9.59 Å². The number of carbonyl (C=O) groups excluding carboxylic acids is 2. The van der Waals surface area contributed by atoms with Crippen LogP contribution in [0.3, 0.4) is 0 Å². The first kappa shape index (κ1) is 19.2. The molecule has 3 aromatic carbocycles.